The lowest BCUT2D eigenvalue weighted by molar-refractivity contribution is -0.122. The quantitative estimate of drug-likeness (QED) is 0.297. The van der Waals surface area contributed by atoms with Crippen LogP contribution in [0.2, 0.25) is 20.1 Å². The Morgan fingerprint density at radius 3 is 2.15 bits per heavy atom. The molecule has 4 amide bonds. The summed E-state index contributed by atoms with van der Waals surface area (Å²) in [6.45, 7) is 0.179. The summed E-state index contributed by atoms with van der Waals surface area (Å²) in [5, 5.41) is 3.39. The molecule has 1 saturated heterocycles. The van der Waals surface area contributed by atoms with E-state index in [-0.39, 0.29) is 33.7 Å². The molecule has 0 aliphatic carbocycles. The van der Waals surface area contributed by atoms with Gasteiger partial charge in [-0.25, -0.2) is 9.69 Å². The monoisotopic (exact) mass is 534 g/mol. The van der Waals surface area contributed by atoms with Crippen molar-refractivity contribution >= 4 is 76.0 Å². The van der Waals surface area contributed by atoms with Crippen LogP contribution in [0, 0.1) is 0 Å². The van der Waals surface area contributed by atoms with Crippen molar-refractivity contribution in [3.8, 4) is 5.75 Å². The Bertz CT molecular complexity index is 1330. The number of barbiturate groups is 1. The van der Waals surface area contributed by atoms with E-state index in [1.54, 1.807) is 30.3 Å². The highest BCUT2D eigenvalue weighted by atomic mass is 35.5. The Labute approximate surface area is 214 Å². The molecule has 0 bridgehead atoms. The highest BCUT2D eigenvalue weighted by molar-refractivity contribution is 6.40. The highest BCUT2D eigenvalue weighted by Gasteiger charge is 2.37. The number of nitrogens with one attached hydrogen (secondary N) is 1. The van der Waals surface area contributed by atoms with Crippen molar-refractivity contribution in [3.05, 3.63) is 97.5 Å². The number of halogens is 4. The number of nitrogens with zero attached hydrogens (tertiary/aromatic N) is 1. The Morgan fingerprint density at radius 1 is 0.853 bits per heavy atom. The summed E-state index contributed by atoms with van der Waals surface area (Å²) in [6.07, 6.45) is 1.29. The van der Waals surface area contributed by atoms with Gasteiger partial charge in [0.25, 0.3) is 11.8 Å². The fraction of sp³-hybridized carbons (Fsp3) is 0.0417. The van der Waals surface area contributed by atoms with Gasteiger partial charge in [0.1, 0.15) is 12.2 Å². The number of rotatable bonds is 5. The molecule has 3 aromatic carbocycles. The van der Waals surface area contributed by atoms with Gasteiger partial charge in [-0.2, -0.15) is 0 Å². The third-order valence-electron chi connectivity index (χ3n) is 4.77. The van der Waals surface area contributed by atoms with Gasteiger partial charge in [0.05, 0.1) is 15.7 Å². The molecule has 0 saturated carbocycles. The van der Waals surface area contributed by atoms with Gasteiger partial charge in [0, 0.05) is 10.0 Å². The molecule has 1 heterocycles. The number of carbonyl (C=O) groups is 3. The average Bonchev–Trinajstić information content (AvgIpc) is 2.76. The van der Waals surface area contributed by atoms with Gasteiger partial charge in [-0.05, 0) is 59.7 Å². The van der Waals surface area contributed by atoms with E-state index in [4.69, 9.17) is 51.1 Å². The molecular formula is C24H14Cl4N2O4. The second-order valence-corrected chi connectivity index (χ2v) is 8.86. The van der Waals surface area contributed by atoms with Crippen molar-refractivity contribution in [1.29, 1.82) is 0 Å². The predicted molar refractivity (Wildman–Crippen MR) is 133 cm³/mol. The van der Waals surface area contributed by atoms with Crippen molar-refractivity contribution in [2.45, 2.75) is 6.61 Å². The summed E-state index contributed by atoms with van der Waals surface area (Å²) in [5.74, 6) is -1.42. The number of amides is 4. The second-order valence-electron chi connectivity index (χ2n) is 7.17. The minimum absolute atomic E-state index is 0.174. The molecule has 6 nitrogen and oxygen atoms in total. The van der Waals surface area contributed by atoms with E-state index >= 15 is 0 Å². The minimum atomic E-state index is -0.879. The molecule has 1 N–H and O–H groups in total. The van der Waals surface area contributed by atoms with E-state index in [1.807, 2.05) is 6.07 Å². The third kappa shape index (κ3) is 5.21. The van der Waals surface area contributed by atoms with Gasteiger partial charge in [0.2, 0.25) is 0 Å². The molecule has 0 spiro atoms. The van der Waals surface area contributed by atoms with E-state index in [2.05, 4.69) is 5.32 Å². The Hall–Kier alpha value is -3.03. The fourth-order valence-corrected chi connectivity index (χ4v) is 4.27. The van der Waals surface area contributed by atoms with Gasteiger partial charge in [-0.1, -0.05) is 64.6 Å². The predicted octanol–water partition coefficient (Wildman–Crippen LogP) is 6.55. The number of carbonyl (C=O) groups excluding carboxylic acids is 3. The number of benzene rings is 3. The summed E-state index contributed by atoms with van der Waals surface area (Å²) in [6, 6.07) is 15.4. The van der Waals surface area contributed by atoms with Gasteiger partial charge in [0.15, 0.2) is 5.75 Å². The molecule has 1 aliphatic heterocycles. The number of imide groups is 2. The van der Waals surface area contributed by atoms with Crippen LogP contribution in [0.25, 0.3) is 6.08 Å². The lowest BCUT2D eigenvalue weighted by Crippen LogP contribution is -2.54. The molecule has 1 aliphatic rings. The van der Waals surface area contributed by atoms with Gasteiger partial charge >= 0.3 is 6.03 Å². The van der Waals surface area contributed by atoms with Crippen molar-refractivity contribution in [1.82, 2.24) is 5.32 Å². The molecule has 0 unspecified atom stereocenters. The van der Waals surface area contributed by atoms with Crippen LogP contribution in [0.3, 0.4) is 0 Å². The SMILES string of the molecule is O=C1NC(=O)N(c2cccc(Cl)c2)C(=O)/C1=C/c1cc(Cl)c(OCc2cccc(Cl)c2)c(Cl)c1. The summed E-state index contributed by atoms with van der Waals surface area (Å²) < 4.78 is 5.74. The Morgan fingerprint density at radius 2 is 1.50 bits per heavy atom. The number of ether oxygens (including phenoxy) is 1. The van der Waals surface area contributed by atoms with E-state index in [0.717, 1.165) is 10.5 Å². The molecule has 3 aromatic rings. The standard InChI is InChI=1S/C24H14Cl4N2O4/c25-15-4-1-3-13(7-15)12-34-21-19(27)9-14(10-20(21)28)8-18-22(31)29-24(33)30(23(18)32)17-6-2-5-16(26)11-17/h1-11H,12H2,(H,29,31,33)/b18-8+. The van der Waals surface area contributed by atoms with Crippen LogP contribution in [-0.2, 0) is 16.2 Å². The zero-order valence-electron chi connectivity index (χ0n) is 17.2. The zero-order chi connectivity index (χ0) is 24.4. The van der Waals surface area contributed by atoms with Crippen LogP contribution in [0.4, 0.5) is 10.5 Å². The van der Waals surface area contributed by atoms with Crippen LogP contribution in [-0.4, -0.2) is 17.8 Å². The normalized spacial score (nSPS) is 15.0. The molecule has 4 rings (SSSR count). The number of hydrogen-bond acceptors (Lipinski definition) is 4. The fourth-order valence-electron chi connectivity index (χ4n) is 3.26. The number of hydrogen-bond donors (Lipinski definition) is 1. The second kappa shape index (κ2) is 10.1. The maximum Gasteiger partial charge on any atom is 0.335 e. The Kier molecular flexibility index (Phi) is 7.14. The average molecular weight is 536 g/mol. The molecule has 1 fully saturated rings. The summed E-state index contributed by atoms with van der Waals surface area (Å²) in [4.78, 5) is 38.6. The van der Waals surface area contributed by atoms with Crippen molar-refractivity contribution < 1.29 is 19.1 Å². The molecule has 0 atom stereocenters. The first-order valence-electron chi connectivity index (χ1n) is 9.76. The summed E-state index contributed by atoms with van der Waals surface area (Å²) in [5.41, 5.74) is 1.12. The maximum absolute atomic E-state index is 13.0. The zero-order valence-corrected chi connectivity index (χ0v) is 20.2. The van der Waals surface area contributed by atoms with Gasteiger partial charge in [-0.3, -0.25) is 14.9 Å². The van der Waals surface area contributed by atoms with Crippen molar-refractivity contribution in [2.75, 3.05) is 4.90 Å². The highest BCUT2D eigenvalue weighted by Crippen LogP contribution is 2.36. The van der Waals surface area contributed by atoms with E-state index in [1.165, 1.54) is 30.3 Å². The topological polar surface area (TPSA) is 75.7 Å². The van der Waals surface area contributed by atoms with Crippen molar-refractivity contribution in [3.63, 3.8) is 0 Å². The Balaban J connectivity index is 1.61. The van der Waals surface area contributed by atoms with Gasteiger partial charge in [-0.15, -0.1) is 0 Å². The van der Waals surface area contributed by atoms with E-state index in [9.17, 15) is 14.4 Å². The van der Waals surface area contributed by atoms with E-state index < -0.39 is 17.8 Å². The third-order valence-corrected chi connectivity index (χ3v) is 5.80. The largest absolute Gasteiger partial charge is 0.486 e. The van der Waals surface area contributed by atoms with Crippen LogP contribution in [0.1, 0.15) is 11.1 Å². The lowest BCUT2D eigenvalue weighted by atomic mass is 10.1. The van der Waals surface area contributed by atoms with Gasteiger partial charge < -0.3 is 4.74 Å². The molecule has 0 radical (unpaired) electrons. The van der Waals surface area contributed by atoms with Crippen LogP contribution < -0.4 is 15.0 Å². The van der Waals surface area contributed by atoms with Crippen molar-refractivity contribution in [2.24, 2.45) is 0 Å². The van der Waals surface area contributed by atoms with E-state index in [0.29, 0.717) is 15.6 Å². The smallest absolute Gasteiger partial charge is 0.335 e. The number of anilines is 1. The summed E-state index contributed by atoms with van der Waals surface area (Å²) >= 11 is 24.7. The maximum atomic E-state index is 13.0. The summed E-state index contributed by atoms with van der Waals surface area (Å²) in [7, 11) is 0. The lowest BCUT2D eigenvalue weighted by Gasteiger charge is -2.26. The number of urea groups is 1. The van der Waals surface area contributed by atoms with Crippen LogP contribution in [0.5, 0.6) is 5.75 Å². The molecular weight excluding hydrogens is 522 g/mol. The van der Waals surface area contributed by atoms with Crippen LogP contribution >= 0.6 is 46.4 Å². The first-order chi connectivity index (χ1) is 16.2. The molecule has 172 valence electrons. The first-order valence-corrected chi connectivity index (χ1v) is 11.3. The van der Waals surface area contributed by atoms with Crippen LogP contribution in [0.15, 0.2) is 66.2 Å². The minimum Gasteiger partial charge on any atom is -0.486 e. The first kappa shape index (κ1) is 24.1. The molecule has 34 heavy (non-hydrogen) atoms. The molecule has 0 aromatic heterocycles. The molecule has 10 heteroatoms.